The van der Waals surface area contributed by atoms with Crippen LogP contribution in [0.2, 0.25) is 0 Å². The molecule has 3 heterocycles. The van der Waals surface area contributed by atoms with E-state index in [9.17, 15) is 4.79 Å². The van der Waals surface area contributed by atoms with Crippen molar-refractivity contribution >= 4 is 17.2 Å². The van der Waals surface area contributed by atoms with Crippen LogP contribution in [-0.4, -0.2) is 47.9 Å². The Bertz CT molecular complexity index is 390. The number of carbonyl (C=O) groups excluding carboxylic acids is 1. The molecule has 2 aliphatic heterocycles. The molecule has 0 bridgehead atoms. The van der Waals surface area contributed by atoms with Gasteiger partial charge < -0.3 is 4.90 Å². The molecule has 1 aromatic heterocycles. The number of hydrogen-bond acceptors (Lipinski definition) is 3. The van der Waals surface area contributed by atoms with E-state index in [2.05, 4.69) is 9.80 Å². The smallest absolute Gasteiger partial charge is 0.254 e. The molecule has 1 aromatic rings. The molecule has 0 aromatic carbocycles. The topological polar surface area (TPSA) is 23.6 Å². The van der Waals surface area contributed by atoms with E-state index < -0.39 is 0 Å². The Morgan fingerprint density at radius 1 is 1.29 bits per heavy atom. The van der Waals surface area contributed by atoms with E-state index in [0.717, 1.165) is 31.6 Å². The summed E-state index contributed by atoms with van der Waals surface area (Å²) in [6.45, 7) is 4.24. The van der Waals surface area contributed by atoms with Crippen LogP contribution in [0.25, 0.3) is 0 Å². The summed E-state index contributed by atoms with van der Waals surface area (Å²) >= 11 is 1.60. The first-order valence-corrected chi connectivity index (χ1v) is 7.34. The molecule has 0 saturated carbocycles. The van der Waals surface area contributed by atoms with E-state index in [1.54, 1.807) is 11.3 Å². The molecule has 1 unspecified atom stereocenters. The SMILES string of the molecule is O=C(c1ccsc1)N1CCCN2CCCC2C1. The van der Waals surface area contributed by atoms with Crippen LogP contribution in [0, 0.1) is 0 Å². The molecular weight excluding hydrogens is 232 g/mol. The van der Waals surface area contributed by atoms with Crippen LogP contribution in [0.4, 0.5) is 0 Å². The number of amides is 1. The van der Waals surface area contributed by atoms with Gasteiger partial charge in [0.05, 0.1) is 5.56 Å². The summed E-state index contributed by atoms with van der Waals surface area (Å²) in [6.07, 6.45) is 3.67. The second-order valence-electron chi connectivity index (χ2n) is 4.95. The normalized spacial score (nSPS) is 25.6. The van der Waals surface area contributed by atoms with Crippen LogP contribution >= 0.6 is 11.3 Å². The lowest BCUT2D eigenvalue weighted by Gasteiger charge is -2.25. The lowest BCUT2D eigenvalue weighted by atomic mass is 10.2. The van der Waals surface area contributed by atoms with Gasteiger partial charge in [0, 0.05) is 31.1 Å². The van der Waals surface area contributed by atoms with Gasteiger partial charge in [0.15, 0.2) is 0 Å². The van der Waals surface area contributed by atoms with Gasteiger partial charge in [-0.05, 0) is 37.3 Å². The molecule has 17 heavy (non-hydrogen) atoms. The maximum Gasteiger partial charge on any atom is 0.254 e. The third-order valence-electron chi connectivity index (χ3n) is 3.86. The Labute approximate surface area is 106 Å². The first kappa shape index (κ1) is 11.2. The van der Waals surface area contributed by atoms with Crippen LogP contribution < -0.4 is 0 Å². The van der Waals surface area contributed by atoms with Gasteiger partial charge in [0.25, 0.3) is 5.91 Å². The molecule has 92 valence electrons. The quantitative estimate of drug-likeness (QED) is 0.761. The molecule has 1 atom stereocenters. The lowest BCUT2D eigenvalue weighted by molar-refractivity contribution is 0.0744. The number of carbonyl (C=O) groups is 1. The maximum atomic E-state index is 12.3. The highest BCUT2D eigenvalue weighted by molar-refractivity contribution is 7.08. The van der Waals surface area contributed by atoms with Crippen molar-refractivity contribution in [2.24, 2.45) is 0 Å². The summed E-state index contributed by atoms with van der Waals surface area (Å²) in [5.41, 5.74) is 0.862. The van der Waals surface area contributed by atoms with Crippen molar-refractivity contribution in [3.8, 4) is 0 Å². The van der Waals surface area contributed by atoms with Crippen molar-refractivity contribution in [1.82, 2.24) is 9.80 Å². The van der Waals surface area contributed by atoms with Crippen LogP contribution in [0.5, 0.6) is 0 Å². The van der Waals surface area contributed by atoms with Crippen LogP contribution in [0.3, 0.4) is 0 Å². The predicted molar refractivity (Wildman–Crippen MR) is 69.4 cm³/mol. The molecule has 0 radical (unpaired) electrons. The number of nitrogens with zero attached hydrogens (tertiary/aromatic N) is 2. The average molecular weight is 250 g/mol. The standard InChI is InChI=1S/C13H18N2OS/c16-13(11-4-8-17-10-11)15-7-2-6-14-5-1-3-12(14)9-15/h4,8,10,12H,1-3,5-7,9H2. The summed E-state index contributed by atoms with van der Waals surface area (Å²) in [5, 5.41) is 3.94. The number of fused-ring (bicyclic) bond motifs is 1. The molecule has 0 spiro atoms. The molecule has 4 heteroatoms. The molecule has 2 aliphatic rings. The Hall–Kier alpha value is -0.870. The Kier molecular flexibility index (Phi) is 3.16. The fourth-order valence-corrected chi connectivity index (χ4v) is 3.59. The van der Waals surface area contributed by atoms with Gasteiger partial charge in [0.2, 0.25) is 0 Å². The van der Waals surface area contributed by atoms with Gasteiger partial charge in [-0.1, -0.05) is 0 Å². The second kappa shape index (κ2) is 4.78. The number of hydrogen-bond donors (Lipinski definition) is 0. The molecule has 0 N–H and O–H groups in total. The molecule has 0 aliphatic carbocycles. The minimum absolute atomic E-state index is 0.222. The number of thiophene rings is 1. The summed E-state index contributed by atoms with van der Waals surface area (Å²) in [6, 6.07) is 2.55. The lowest BCUT2D eigenvalue weighted by Crippen LogP contribution is -2.39. The highest BCUT2D eigenvalue weighted by Gasteiger charge is 2.30. The monoisotopic (exact) mass is 250 g/mol. The highest BCUT2D eigenvalue weighted by Crippen LogP contribution is 2.22. The summed E-state index contributed by atoms with van der Waals surface area (Å²) in [7, 11) is 0. The highest BCUT2D eigenvalue weighted by atomic mass is 32.1. The van der Waals surface area contributed by atoms with Crippen LogP contribution in [0.1, 0.15) is 29.6 Å². The molecule has 2 fully saturated rings. The van der Waals surface area contributed by atoms with Gasteiger partial charge in [-0.2, -0.15) is 11.3 Å². The van der Waals surface area contributed by atoms with Crippen molar-refractivity contribution < 1.29 is 4.79 Å². The molecule has 3 nitrogen and oxygen atoms in total. The Balaban J connectivity index is 1.72. The van der Waals surface area contributed by atoms with Gasteiger partial charge in [-0.25, -0.2) is 0 Å². The van der Waals surface area contributed by atoms with Gasteiger partial charge >= 0.3 is 0 Å². The zero-order valence-corrected chi connectivity index (χ0v) is 10.8. The first-order chi connectivity index (χ1) is 8.34. The van der Waals surface area contributed by atoms with E-state index in [0.29, 0.717) is 6.04 Å². The van der Waals surface area contributed by atoms with Crippen molar-refractivity contribution in [1.29, 1.82) is 0 Å². The predicted octanol–water partition coefficient (Wildman–Crippen LogP) is 2.06. The zero-order valence-electron chi connectivity index (χ0n) is 9.97. The zero-order chi connectivity index (χ0) is 11.7. The Morgan fingerprint density at radius 3 is 3.00 bits per heavy atom. The molecule has 1 amide bonds. The van der Waals surface area contributed by atoms with Crippen molar-refractivity contribution in [2.75, 3.05) is 26.2 Å². The molecular formula is C13H18N2OS. The second-order valence-corrected chi connectivity index (χ2v) is 5.73. The van der Waals surface area contributed by atoms with E-state index >= 15 is 0 Å². The third-order valence-corrected chi connectivity index (χ3v) is 4.54. The van der Waals surface area contributed by atoms with Crippen LogP contribution in [0.15, 0.2) is 16.8 Å². The van der Waals surface area contributed by atoms with Crippen LogP contribution in [-0.2, 0) is 0 Å². The number of rotatable bonds is 1. The largest absolute Gasteiger partial charge is 0.337 e. The van der Waals surface area contributed by atoms with Crippen molar-refractivity contribution in [3.63, 3.8) is 0 Å². The minimum atomic E-state index is 0.222. The maximum absolute atomic E-state index is 12.3. The van der Waals surface area contributed by atoms with Gasteiger partial charge in [-0.3, -0.25) is 9.69 Å². The van der Waals surface area contributed by atoms with Gasteiger partial charge in [0.1, 0.15) is 0 Å². The van der Waals surface area contributed by atoms with Gasteiger partial charge in [-0.15, -0.1) is 0 Å². The van der Waals surface area contributed by atoms with E-state index in [-0.39, 0.29) is 5.91 Å². The summed E-state index contributed by atoms with van der Waals surface area (Å²) in [4.78, 5) is 16.9. The average Bonchev–Trinajstić information content (AvgIpc) is 2.96. The third kappa shape index (κ3) is 2.24. The Morgan fingerprint density at radius 2 is 2.18 bits per heavy atom. The van der Waals surface area contributed by atoms with E-state index in [1.165, 1.54) is 19.4 Å². The van der Waals surface area contributed by atoms with E-state index in [4.69, 9.17) is 0 Å². The van der Waals surface area contributed by atoms with Crippen molar-refractivity contribution in [3.05, 3.63) is 22.4 Å². The first-order valence-electron chi connectivity index (χ1n) is 6.40. The summed E-state index contributed by atoms with van der Waals surface area (Å²) in [5.74, 6) is 0.222. The summed E-state index contributed by atoms with van der Waals surface area (Å²) < 4.78 is 0. The fourth-order valence-electron chi connectivity index (χ4n) is 2.96. The molecule has 2 saturated heterocycles. The van der Waals surface area contributed by atoms with Crippen molar-refractivity contribution in [2.45, 2.75) is 25.3 Å². The van der Waals surface area contributed by atoms with E-state index in [1.807, 2.05) is 16.8 Å². The minimum Gasteiger partial charge on any atom is -0.337 e. The molecule has 3 rings (SSSR count). The fraction of sp³-hybridized carbons (Fsp3) is 0.615.